The number of likely N-dealkylation sites (N-methyl/N-ethyl adjacent to an activating group) is 1. The molecule has 2 aromatic heterocycles. The van der Waals surface area contributed by atoms with Gasteiger partial charge in [0, 0.05) is 49.9 Å². The molecular weight excluding hydrogens is 466 g/mol. The van der Waals surface area contributed by atoms with Gasteiger partial charge >= 0.3 is 0 Å². The lowest BCUT2D eigenvalue weighted by atomic mass is 10.1. The number of benzene rings is 2. The predicted octanol–water partition coefficient (Wildman–Crippen LogP) is 3.82. The molecule has 2 aromatic carbocycles. The number of aromatic hydroxyl groups is 1. The SMILES string of the molecule is CC(C)n1c(-c2ccc(C(=O)N3CCN(C)CC3)cc2)nc2c(NCCc3ccc(O)cc3)ncnc21. The third-order valence-electron chi connectivity index (χ3n) is 6.82. The molecule has 1 aliphatic rings. The Bertz CT molecular complexity index is 1370. The minimum Gasteiger partial charge on any atom is -0.508 e. The molecule has 2 N–H and O–H groups in total. The van der Waals surface area contributed by atoms with Gasteiger partial charge in [0.15, 0.2) is 17.0 Å². The van der Waals surface area contributed by atoms with Gasteiger partial charge in [0.2, 0.25) is 0 Å². The normalized spacial score (nSPS) is 14.4. The Kier molecular flexibility index (Phi) is 7.05. The highest BCUT2D eigenvalue weighted by Gasteiger charge is 2.22. The molecule has 0 saturated carbocycles. The molecule has 0 spiro atoms. The van der Waals surface area contributed by atoms with Crippen LogP contribution in [0.5, 0.6) is 5.75 Å². The number of hydrogen-bond donors (Lipinski definition) is 2. The summed E-state index contributed by atoms with van der Waals surface area (Å²) < 4.78 is 2.11. The number of phenols is 1. The van der Waals surface area contributed by atoms with Crippen molar-refractivity contribution >= 4 is 22.9 Å². The van der Waals surface area contributed by atoms with Crippen molar-refractivity contribution in [2.45, 2.75) is 26.3 Å². The number of fused-ring (bicyclic) bond motifs is 1. The highest BCUT2D eigenvalue weighted by Crippen LogP contribution is 2.30. The first-order valence-electron chi connectivity index (χ1n) is 12.7. The van der Waals surface area contributed by atoms with Crippen molar-refractivity contribution in [1.82, 2.24) is 29.3 Å². The molecular formula is C28H33N7O2. The van der Waals surface area contributed by atoms with E-state index >= 15 is 0 Å². The van der Waals surface area contributed by atoms with E-state index in [0.717, 1.165) is 60.7 Å². The lowest BCUT2D eigenvalue weighted by molar-refractivity contribution is 0.0664. The average molecular weight is 500 g/mol. The molecule has 0 aliphatic carbocycles. The van der Waals surface area contributed by atoms with E-state index in [1.807, 2.05) is 41.3 Å². The summed E-state index contributed by atoms with van der Waals surface area (Å²) in [5.74, 6) is 1.82. The number of anilines is 1. The number of carbonyl (C=O) groups excluding carboxylic acids is 1. The third-order valence-corrected chi connectivity index (χ3v) is 6.82. The fourth-order valence-electron chi connectivity index (χ4n) is 4.67. The van der Waals surface area contributed by atoms with E-state index in [9.17, 15) is 9.90 Å². The maximum Gasteiger partial charge on any atom is 0.253 e. The summed E-state index contributed by atoms with van der Waals surface area (Å²) in [5, 5.41) is 12.9. The summed E-state index contributed by atoms with van der Waals surface area (Å²) in [7, 11) is 2.08. The molecule has 192 valence electrons. The molecule has 1 fully saturated rings. The number of rotatable bonds is 7. The van der Waals surface area contributed by atoms with Crippen LogP contribution in [0.3, 0.4) is 0 Å². The number of nitrogens with one attached hydrogen (secondary N) is 1. The van der Waals surface area contributed by atoms with E-state index in [1.54, 1.807) is 18.5 Å². The number of piperazine rings is 1. The number of phenolic OH excluding ortho intramolecular Hbond substituents is 1. The molecule has 0 unspecified atom stereocenters. The van der Waals surface area contributed by atoms with Crippen LogP contribution in [-0.2, 0) is 6.42 Å². The maximum atomic E-state index is 13.0. The maximum absolute atomic E-state index is 13.0. The summed E-state index contributed by atoms with van der Waals surface area (Å²) in [6, 6.07) is 15.1. The number of nitrogens with zero attached hydrogens (tertiary/aromatic N) is 6. The fraction of sp³-hybridized carbons (Fsp3) is 0.357. The number of imidazole rings is 1. The van der Waals surface area contributed by atoms with Crippen molar-refractivity contribution in [3.05, 3.63) is 66.0 Å². The van der Waals surface area contributed by atoms with Crippen LogP contribution in [0.25, 0.3) is 22.6 Å². The van der Waals surface area contributed by atoms with Gasteiger partial charge in [-0.1, -0.05) is 24.3 Å². The van der Waals surface area contributed by atoms with Crippen molar-refractivity contribution in [3.63, 3.8) is 0 Å². The Balaban J connectivity index is 1.38. The van der Waals surface area contributed by atoms with Crippen LogP contribution in [0.2, 0.25) is 0 Å². The summed E-state index contributed by atoms with van der Waals surface area (Å²) in [4.78, 5) is 31.1. The van der Waals surface area contributed by atoms with Crippen molar-refractivity contribution in [1.29, 1.82) is 0 Å². The highest BCUT2D eigenvalue weighted by molar-refractivity contribution is 5.95. The van der Waals surface area contributed by atoms with Gasteiger partial charge in [0.1, 0.15) is 17.9 Å². The molecule has 9 nitrogen and oxygen atoms in total. The quantitative estimate of drug-likeness (QED) is 0.399. The monoisotopic (exact) mass is 499 g/mol. The van der Waals surface area contributed by atoms with E-state index in [0.29, 0.717) is 17.9 Å². The van der Waals surface area contributed by atoms with Gasteiger partial charge in [0.25, 0.3) is 5.91 Å². The summed E-state index contributed by atoms with van der Waals surface area (Å²) in [6.07, 6.45) is 2.35. The van der Waals surface area contributed by atoms with Gasteiger partial charge in [-0.15, -0.1) is 0 Å². The molecule has 0 radical (unpaired) electrons. The summed E-state index contributed by atoms with van der Waals surface area (Å²) in [5.41, 5.74) is 4.22. The minimum absolute atomic E-state index is 0.0722. The van der Waals surface area contributed by atoms with Crippen molar-refractivity contribution in [2.75, 3.05) is 45.1 Å². The van der Waals surface area contributed by atoms with Crippen LogP contribution >= 0.6 is 0 Å². The van der Waals surface area contributed by atoms with Crippen LogP contribution in [0, 0.1) is 0 Å². The van der Waals surface area contributed by atoms with Crippen molar-refractivity contribution in [2.24, 2.45) is 0 Å². The minimum atomic E-state index is 0.0722. The van der Waals surface area contributed by atoms with Crippen LogP contribution in [0.15, 0.2) is 54.9 Å². The van der Waals surface area contributed by atoms with Crippen LogP contribution < -0.4 is 5.32 Å². The Morgan fingerprint density at radius 2 is 1.70 bits per heavy atom. The zero-order valence-electron chi connectivity index (χ0n) is 21.6. The molecule has 4 aromatic rings. The molecule has 3 heterocycles. The van der Waals surface area contributed by atoms with Crippen LogP contribution in [-0.4, -0.2) is 80.1 Å². The number of carbonyl (C=O) groups is 1. The van der Waals surface area contributed by atoms with Crippen LogP contribution in [0.4, 0.5) is 5.82 Å². The van der Waals surface area contributed by atoms with E-state index in [4.69, 9.17) is 4.98 Å². The Hall–Kier alpha value is -3.98. The molecule has 1 saturated heterocycles. The van der Waals surface area contributed by atoms with E-state index in [1.165, 1.54) is 0 Å². The topological polar surface area (TPSA) is 99.4 Å². The molecule has 0 bridgehead atoms. The second-order valence-electron chi connectivity index (χ2n) is 9.81. The number of aromatic nitrogens is 4. The molecule has 1 amide bonds. The third kappa shape index (κ3) is 5.27. The Morgan fingerprint density at radius 1 is 1.00 bits per heavy atom. The first kappa shape index (κ1) is 24.7. The Labute approximate surface area is 216 Å². The summed E-state index contributed by atoms with van der Waals surface area (Å²) in [6.45, 7) is 8.18. The molecule has 9 heteroatoms. The molecule has 0 atom stereocenters. The summed E-state index contributed by atoms with van der Waals surface area (Å²) >= 11 is 0. The van der Waals surface area contributed by atoms with Gasteiger partial charge in [-0.3, -0.25) is 4.79 Å². The van der Waals surface area contributed by atoms with Gasteiger partial charge in [-0.25, -0.2) is 15.0 Å². The van der Waals surface area contributed by atoms with Crippen molar-refractivity contribution in [3.8, 4) is 17.1 Å². The van der Waals surface area contributed by atoms with Crippen LogP contribution in [0.1, 0.15) is 35.8 Å². The Morgan fingerprint density at radius 3 is 2.38 bits per heavy atom. The fourth-order valence-corrected chi connectivity index (χ4v) is 4.67. The number of hydrogen-bond acceptors (Lipinski definition) is 7. The highest BCUT2D eigenvalue weighted by atomic mass is 16.3. The molecule has 5 rings (SSSR count). The lowest BCUT2D eigenvalue weighted by Gasteiger charge is -2.32. The zero-order chi connectivity index (χ0) is 25.9. The van der Waals surface area contributed by atoms with Crippen molar-refractivity contribution < 1.29 is 9.90 Å². The standard InChI is InChI=1S/C28H33N7O2/c1-19(2)35-26(21-6-8-22(9-7-21)28(37)34-16-14-33(3)15-17-34)32-24-25(30-18-31-27(24)35)29-13-12-20-4-10-23(36)11-5-20/h4-11,18-19,36H,12-17H2,1-3H3,(H,29,30,31). The first-order chi connectivity index (χ1) is 17.9. The largest absolute Gasteiger partial charge is 0.508 e. The predicted molar refractivity (Wildman–Crippen MR) is 145 cm³/mol. The van der Waals surface area contributed by atoms with E-state index in [2.05, 4.69) is 45.6 Å². The average Bonchev–Trinajstić information content (AvgIpc) is 3.31. The van der Waals surface area contributed by atoms with Gasteiger partial charge in [0.05, 0.1) is 0 Å². The first-order valence-corrected chi connectivity index (χ1v) is 12.7. The molecule has 1 aliphatic heterocycles. The lowest BCUT2D eigenvalue weighted by Crippen LogP contribution is -2.47. The van der Waals surface area contributed by atoms with E-state index < -0.39 is 0 Å². The smallest absolute Gasteiger partial charge is 0.253 e. The van der Waals surface area contributed by atoms with Gasteiger partial charge in [-0.2, -0.15) is 0 Å². The van der Waals surface area contributed by atoms with Gasteiger partial charge in [-0.05, 0) is 57.1 Å². The van der Waals surface area contributed by atoms with Gasteiger partial charge < -0.3 is 24.8 Å². The second kappa shape index (κ2) is 10.6. The second-order valence-corrected chi connectivity index (χ2v) is 9.81. The van der Waals surface area contributed by atoms with E-state index in [-0.39, 0.29) is 17.7 Å². The number of amides is 1. The zero-order valence-corrected chi connectivity index (χ0v) is 21.6. The molecule has 37 heavy (non-hydrogen) atoms.